The first-order valence-corrected chi connectivity index (χ1v) is 8.28. The normalized spacial score (nSPS) is 11.2. The van der Waals surface area contributed by atoms with E-state index in [4.69, 9.17) is 4.74 Å². The SMILES string of the molecule is CC(C)(C)OC(=O)c1ncc(-c2ccccc2)cc1-c1ccccc1. The van der Waals surface area contributed by atoms with Gasteiger partial charge in [-0.1, -0.05) is 60.7 Å². The van der Waals surface area contributed by atoms with E-state index < -0.39 is 11.6 Å². The van der Waals surface area contributed by atoms with Gasteiger partial charge in [0.05, 0.1) is 0 Å². The maximum absolute atomic E-state index is 12.6. The summed E-state index contributed by atoms with van der Waals surface area (Å²) >= 11 is 0. The molecule has 0 aliphatic carbocycles. The molecule has 3 aromatic rings. The van der Waals surface area contributed by atoms with E-state index in [1.807, 2.05) is 87.5 Å². The summed E-state index contributed by atoms with van der Waals surface area (Å²) in [6, 6.07) is 21.8. The third kappa shape index (κ3) is 4.13. The molecule has 25 heavy (non-hydrogen) atoms. The summed E-state index contributed by atoms with van der Waals surface area (Å²) in [6.07, 6.45) is 1.72. The van der Waals surface area contributed by atoms with Crippen LogP contribution in [0.2, 0.25) is 0 Å². The van der Waals surface area contributed by atoms with Crippen LogP contribution in [0, 0.1) is 0 Å². The number of esters is 1. The Bertz CT molecular complexity index is 866. The highest BCUT2D eigenvalue weighted by Gasteiger charge is 2.22. The monoisotopic (exact) mass is 331 g/mol. The fourth-order valence-corrected chi connectivity index (χ4v) is 2.58. The van der Waals surface area contributed by atoms with Crippen molar-refractivity contribution >= 4 is 5.97 Å². The number of pyridine rings is 1. The smallest absolute Gasteiger partial charge is 0.358 e. The zero-order valence-electron chi connectivity index (χ0n) is 14.7. The Kier molecular flexibility index (Phi) is 4.66. The van der Waals surface area contributed by atoms with E-state index in [-0.39, 0.29) is 0 Å². The molecule has 0 unspecified atom stereocenters. The Morgan fingerprint density at radius 1 is 0.840 bits per heavy atom. The average Bonchev–Trinajstić information content (AvgIpc) is 2.61. The highest BCUT2D eigenvalue weighted by atomic mass is 16.6. The number of aromatic nitrogens is 1. The van der Waals surface area contributed by atoms with Gasteiger partial charge in [-0.25, -0.2) is 9.78 Å². The molecule has 0 fully saturated rings. The largest absolute Gasteiger partial charge is 0.455 e. The summed E-state index contributed by atoms with van der Waals surface area (Å²) in [5.74, 6) is -0.411. The van der Waals surface area contributed by atoms with E-state index in [2.05, 4.69) is 4.98 Å². The van der Waals surface area contributed by atoms with Crippen molar-refractivity contribution in [2.24, 2.45) is 0 Å². The molecule has 1 aromatic heterocycles. The van der Waals surface area contributed by atoms with Crippen molar-refractivity contribution in [3.8, 4) is 22.3 Å². The topological polar surface area (TPSA) is 39.2 Å². The van der Waals surface area contributed by atoms with Crippen LogP contribution in [0.5, 0.6) is 0 Å². The number of carbonyl (C=O) groups excluding carboxylic acids is 1. The number of hydrogen-bond acceptors (Lipinski definition) is 3. The van der Waals surface area contributed by atoms with Crippen molar-refractivity contribution in [2.75, 3.05) is 0 Å². The molecule has 1 heterocycles. The molecule has 3 rings (SSSR count). The molecule has 0 radical (unpaired) electrons. The first kappa shape index (κ1) is 16.9. The van der Waals surface area contributed by atoms with Gasteiger partial charge < -0.3 is 4.74 Å². The van der Waals surface area contributed by atoms with E-state index in [1.54, 1.807) is 6.20 Å². The number of nitrogens with zero attached hydrogens (tertiary/aromatic N) is 1. The molecule has 3 nitrogen and oxygen atoms in total. The second-order valence-electron chi connectivity index (χ2n) is 6.85. The van der Waals surface area contributed by atoms with Crippen LogP contribution in [-0.4, -0.2) is 16.6 Å². The van der Waals surface area contributed by atoms with Gasteiger partial charge in [0.25, 0.3) is 0 Å². The van der Waals surface area contributed by atoms with Crippen molar-refractivity contribution in [2.45, 2.75) is 26.4 Å². The highest BCUT2D eigenvalue weighted by molar-refractivity contribution is 5.96. The minimum atomic E-state index is -0.565. The van der Waals surface area contributed by atoms with Gasteiger partial charge >= 0.3 is 5.97 Å². The lowest BCUT2D eigenvalue weighted by Gasteiger charge is -2.20. The third-order valence-electron chi connectivity index (χ3n) is 3.67. The van der Waals surface area contributed by atoms with Gasteiger partial charge in [0, 0.05) is 17.3 Å². The first-order valence-electron chi connectivity index (χ1n) is 8.28. The molecule has 0 saturated heterocycles. The maximum Gasteiger partial charge on any atom is 0.358 e. The summed E-state index contributed by atoms with van der Waals surface area (Å²) in [5.41, 5.74) is 3.51. The Hall–Kier alpha value is -2.94. The minimum absolute atomic E-state index is 0.334. The van der Waals surface area contributed by atoms with E-state index in [9.17, 15) is 4.79 Å². The zero-order chi connectivity index (χ0) is 17.9. The van der Waals surface area contributed by atoms with E-state index in [0.29, 0.717) is 5.69 Å². The summed E-state index contributed by atoms with van der Waals surface area (Å²) < 4.78 is 5.53. The van der Waals surface area contributed by atoms with Gasteiger partial charge in [-0.2, -0.15) is 0 Å². The molecule has 0 saturated carbocycles. The molecule has 126 valence electrons. The fourth-order valence-electron chi connectivity index (χ4n) is 2.58. The molecule has 0 amide bonds. The van der Waals surface area contributed by atoms with Crippen LogP contribution in [-0.2, 0) is 4.74 Å². The molecule has 0 N–H and O–H groups in total. The molecule has 2 aromatic carbocycles. The van der Waals surface area contributed by atoms with Gasteiger partial charge in [0.2, 0.25) is 0 Å². The lowest BCUT2D eigenvalue weighted by Crippen LogP contribution is -2.25. The van der Waals surface area contributed by atoms with E-state index >= 15 is 0 Å². The van der Waals surface area contributed by atoms with Crippen molar-refractivity contribution in [3.63, 3.8) is 0 Å². The van der Waals surface area contributed by atoms with Crippen molar-refractivity contribution < 1.29 is 9.53 Å². The van der Waals surface area contributed by atoms with E-state index in [1.165, 1.54) is 0 Å². The minimum Gasteiger partial charge on any atom is -0.455 e. The maximum atomic E-state index is 12.6. The predicted octanol–water partition coefficient (Wildman–Crippen LogP) is 5.37. The van der Waals surface area contributed by atoms with Gasteiger partial charge in [0.15, 0.2) is 5.69 Å². The number of hydrogen-bond donors (Lipinski definition) is 0. The lowest BCUT2D eigenvalue weighted by molar-refractivity contribution is 0.00639. The van der Waals surface area contributed by atoms with Gasteiger partial charge in [0.1, 0.15) is 5.60 Å². The number of carbonyl (C=O) groups is 1. The molecular formula is C22H21NO2. The molecule has 0 aliphatic heterocycles. The van der Waals surface area contributed by atoms with Crippen molar-refractivity contribution in [3.05, 3.63) is 78.6 Å². The molecule has 0 spiro atoms. The average molecular weight is 331 g/mol. The van der Waals surface area contributed by atoms with Crippen LogP contribution >= 0.6 is 0 Å². The lowest BCUT2D eigenvalue weighted by atomic mass is 9.99. The van der Waals surface area contributed by atoms with Gasteiger partial charge in [-0.15, -0.1) is 0 Å². The number of benzene rings is 2. The zero-order valence-corrected chi connectivity index (χ0v) is 14.7. The van der Waals surface area contributed by atoms with Crippen LogP contribution in [0.25, 0.3) is 22.3 Å². The van der Waals surface area contributed by atoms with Gasteiger partial charge in [-0.3, -0.25) is 0 Å². The second kappa shape index (κ2) is 6.89. The van der Waals surface area contributed by atoms with Crippen LogP contribution in [0.1, 0.15) is 31.3 Å². The van der Waals surface area contributed by atoms with Crippen LogP contribution < -0.4 is 0 Å². The molecule has 0 bridgehead atoms. The molecule has 0 aliphatic rings. The third-order valence-corrected chi connectivity index (χ3v) is 3.67. The molecule has 3 heteroatoms. The Morgan fingerprint density at radius 3 is 1.96 bits per heavy atom. The Balaban J connectivity index is 2.11. The summed E-state index contributed by atoms with van der Waals surface area (Å²) in [5, 5.41) is 0. The molecule has 0 atom stereocenters. The standard InChI is InChI=1S/C22H21NO2/c1-22(2,3)25-21(24)20-19(17-12-8-5-9-13-17)14-18(15-23-20)16-10-6-4-7-11-16/h4-15H,1-3H3. The summed E-state index contributed by atoms with van der Waals surface area (Å²) in [4.78, 5) is 17.1. The summed E-state index contributed by atoms with van der Waals surface area (Å²) in [7, 11) is 0. The van der Waals surface area contributed by atoms with Crippen LogP contribution in [0.15, 0.2) is 72.9 Å². The quantitative estimate of drug-likeness (QED) is 0.606. The predicted molar refractivity (Wildman–Crippen MR) is 100 cm³/mol. The van der Waals surface area contributed by atoms with Crippen molar-refractivity contribution in [1.29, 1.82) is 0 Å². The molecular weight excluding hydrogens is 310 g/mol. The van der Waals surface area contributed by atoms with Crippen molar-refractivity contribution in [1.82, 2.24) is 4.98 Å². The summed E-state index contributed by atoms with van der Waals surface area (Å²) in [6.45, 7) is 5.56. The number of rotatable bonds is 3. The Labute approximate surface area is 148 Å². The van der Waals surface area contributed by atoms with Crippen LogP contribution in [0.4, 0.5) is 0 Å². The second-order valence-corrected chi connectivity index (χ2v) is 6.85. The van der Waals surface area contributed by atoms with E-state index in [0.717, 1.165) is 22.3 Å². The highest BCUT2D eigenvalue weighted by Crippen LogP contribution is 2.29. The van der Waals surface area contributed by atoms with Crippen LogP contribution in [0.3, 0.4) is 0 Å². The number of ether oxygens (including phenoxy) is 1. The fraction of sp³-hybridized carbons (Fsp3) is 0.182. The van der Waals surface area contributed by atoms with Gasteiger partial charge in [-0.05, 0) is 38.0 Å². The Morgan fingerprint density at radius 2 is 1.40 bits per heavy atom. The first-order chi connectivity index (χ1) is 11.9.